The Morgan fingerprint density at radius 3 is 2.17 bits per heavy atom. The van der Waals surface area contributed by atoms with Crippen molar-refractivity contribution in [1.29, 1.82) is 0 Å². The molecule has 0 saturated heterocycles. The summed E-state index contributed by atoms with van der Waals surface area (Å²) in [6.45, 7) is 7.30. The van der Waals surface area contributed by atoms with Crippen molar-refractivity contribution in [2.75, 3.05) is 0 Å². The molecule has 0 atom stereocenters. The summed E-state index contributed by atoms with van der Waals surface area (Å²) in [5, 5.41) is 0. The van der Waals surface area contributed by atoms with Crippen LogP contribution in [0.25, 0.3) is 11.1 Å². The molecule has 0 aromatic heterocycles. The van der Waals surface area contributed by atoms with Crippen LogP contribution >= 0.6 is 0 Å². The van der Waals surface area contributed by atoms with Crippen LogP contribution in [0.2, 0.25) is 13.1 Å². The summed E-state index contributed by atoms with van der Waals surface area (Å²) in [5.74, 6) is 0. The van der Waals surface area contributed by atoms with Gasteiger partial charge in [-0.3, -0.25) is 0 Å². The zero-order chi connectivity index (χ0) is 13.0. The van der Waals surface area contributed by atoms with Crippen molar-refractivity contribution in [3.8, 4) is 11.1 Å². The normalized spacial score (nSPS) is 10.9. The van der Waals surface area contributed by atoms with E-state index in [-0.39, 0.29) is 0 Å². The smallest absolute Gasteiger partial charge is 0.171 e. The molecule has 2 rings (SSSR count). The fourth-order valence-corrected chi connectivity index (χ4v) is 2.55. The summed E-state index contributed by atoms with van der Waals surface area (Å²) in [6, 6.07) is 17.0. The average Bonchev–Trinajstić information content (AvgIpc) is 2.37. The highest BCUT2D eigenvalue weighted by Crippen LogP contribution is 2.27. The Morgan fingerprint density at radius 1 is 0.889 bits per heavy atom. The summed E-state index contributed by atoms with van der Waals surface area (Å²) in [6.07, 6.45) is 0. The molecule has 0 heterocycles. The molecule has 2 heteroatoms. The minimum atomic E-state index is -0.967. The molecule has 0 N–H and O–H groups in total. The van der Waals surface area contributed by atoms with E-state index in [1.165, 1.54) is 22.3 Å². The summed E-state index contributed by atoms with van der Waals surface area (Å²) >= 11 is 0. The molecule has 0 spiro atoms. The van der Waals surface area contributed by atoms with E-state index in [4.69, 9.17) is 4.43 Å². The standard InChI is InChI=1S/C16H20OSi/c1-13-8-4-6-10-15(13)16-11-7-5-9-14(16)12-17-18(2)3/h4-11,18H,12H2,1-3H3. The van der Waals surface area contributed by atoms with Gasteiger partial charge in [-0.25, -0.2) is 0 Å². The summed E-state index contributed by atoms with van der Waals surface area (Å²) < 4.78 is 5.87. The Balaban J connectivity index is 2.36. The van der Waals surface area contributed by atoms with Crippen LogP contribution in [0.4, 0.5) is 0 Å². The topological polar surface area (TPSA) is 9.23 Å². The van der Waals surface area contributed by atoms with Crippen molar-refractivity contribution >= 4 is 9.04 Å². The molecule has 2 aromatic rings. The molecule has 0 aliphatic carbocycles. The highest BCUT2D eigenvalue weighted by molar-refractivity contribution is 6.48. The molecular weight excluding hydrogens is 236 g/mol. The fraction of sp³-hybridized carbons (Fsp3) is 0.250. The molecule has 0 fully saturated rings. The Morgan fingerprint density at radius 2 is 1.50 bits per heavy atom. The third-order valence-corrected chi connectivity index (χ3v) is 3.86. The van der Waals surface area contributed by atoms with Crippen LogP contribution in [0.3, 0.4) is 0 Å². The van der Waals surface area contributed by atoms with Gasteiger partial charge in [0.25, 0.3) is 0 Å². The number of rotatable bonds is 4. The van der Waals surface area contributed by atoms with Gasteiger partial charge in [-0.1, -0.05) is 48.5 Å². The zero-order valence-electron chi connectivity index (χ0n) is 11.3. The Bertz CT molecular complexity index is 520. The van der Waals surface area contributed by atoms with E-state index >= 15 is 0 Å². The van der Waals surface area contributed by atoms with E-state index in [0.29, 0.717) is 0 Å². The first-order chi connectivity index (χ1) is 8.68. The van der Waals surface area contributed by atoms with Crippen LogP contribution in [-0.4, -0.2) is 9.04 Å². The monoisotopic (exact) mass is 256 g/mol. The number of aryl methyl sites for hydroxylation is 1. The lowest BCUT2D eigenvalue weighted by Crippen LogP contribution is -2.07. The molecule has 0 saturated carbocycles. The zero-order valence-corrected chi connectivity index (χ0v) is 12.5. The Kier molecular flexibility index (Phi) is 4.34. The van der Waals surface area contributed by atoms with Crippen molar-refractivity contribution in [1.82, 2.24) is 0 Å². The van der Waals surface area contributed by atoms with Crippen LogP contribution in [0.1, 0.15) is 11.1 Å². The summed E-state index contributed by atoms with van der Waals surface area (Å²) in [7, 11) is -0.967. The molecule has 0 bridgehead atoms. The molecule has 94 valence electrons. The van der Waals surface area contributed by atoms with Gasteiger partial charge in [0.2, 0.25) is 0 Å². The van der Waals surface area contributed by atoms with Gasteiger partial charge in [-0.2, -0.15) is 0 Å². The van der Waals surface area contributed by atoms with Crippen molar-refractivity contribution in [3.63, 3.8) is 0 Å². The van der Waals surface area contributed by atoms with Gasteiger partial charge in [-0.15, -0.1) is 0 Å². The van der Waals surface area contributed by atoms with E-state index in [9.17, 15) is 0 Å². The van der Waals surface area contributed by atoms with Crippen molar-refractivity contribution < 1.29 is 4.43 Å². The minimum Gasteiger partial charge on any atom is -0.416 e. The highest BCUT2D eigenvalue weighted by atomic mass is 28.3. The summed E-state index contributed by atoms with van der Waals surface area (Å²) in [4.78, 5) is 0. The van der Waals surface area contributed by atoms with Gasteiger partial charge in [0, 0.05) is 0 Å². The van der Waals surface area contributed by atoms with Crippen LogP contribution < -0.4 is 0 Å². The van der Waals surface area contributed by atoms with Gasteiger partial charge >= 0.3 is 0 Å². The first-order valence-electron chi connectivity index (χ1n) is 6.44. The minimum absolute atomic E-state index is 0.731. The predicted octanol–water partition coefficient (Wildman–Crippen LogP) is 4.16. The molecule has 0 aliphatic heterocycles. The quantitative estimate of drug-likeness (QED) is 0.746. The second-order valence-electron chi connectivity index (χ2n) is 4.83. The molecule has 1 nitrogen and oxygen atoms in total. The largest absolute Gasteiger partial charge is 0.416 e. The first kappa shape index (κ1) is 13.1. The van der Waals surface area contributed by atoms with E-state index in [2.05, 4.69) is 68.5 Å². The maximum atomic E-state index is 5.87. The predicted molar refractivity (Wildman–Crippen MR) is 80.3 cm³/mol. The maximum absolute atomic E-state index is 5.87. The second kappa shape index (κ2) is 5.98. The van der Waals surface area contributed by atoms with Gasteiger partial charge in [0.1, 0.15) is 0 Å². The molecule has 18 heavy (non-hydrogen) atoms. The van der Waals surface area contributed by atoms with Crippen LogP contribution in [0.5, 0.6) is 0 Å². The van der Waals surface area contributed by atoms with Crippen molar-refractivity contribution in [2.45, 2.75) is 26.6 Å². The van der Waals surface area contributed by atoms with Gasteiger partial charge in [0.15, 0.2) is 9.04 Å². The third kappa shape index (κ3) is 3.09. The van der Waals surface area contributed by atoms with Crippen LogP contribution in [-0.2, 0) is 11.0 Å². The van der Waals surface area contributed by atoms with Gasteiger partial charge in [-0.05, 0) is 42.3 Å². The van der Waals surface area contributed by atoms with Crippen molar-refractivity contribution in [2.24, 2.45) is 0 Å². The second-order valence-corrected chi connectivity index (χ2v) is 7.26. The van der Waals surface area contributed by atoms with E-state index < -0.39 is 9.04 Å². The third-order valence-electron chi connectivity index (χ3n) is 3.02. The lowest BCUT2D eigenvalue weighted by atomic mass is 9.96. The lowest BCUT2D eigenvalue weighted by Gasteiger charge is -2.13. The van der Waals surface area contributed by atoms with Crippen LogP contribution in [0, 0.1) is 6.92 Å². The van der Waals surface area contributed by atoms with Crippen molar-refractivity contribution in [3.05, 3.63) is 59.7 Å². The first-order valence-corrected chi connectivity index (χ1v) is 9.22. The molecular formula is C16H20OSi. The summed E-state index contributed by atoms with van der Waals surface area (Å²) in [5.41, 5.74) is 5.20. The number of hydrogen-bond acceptors (Lipinski definition) is 1. The van der Waals surface area contributed by atoms with E-state index in [1.807, 2.05) is 0 Å². The molecule has 0 aliphatic rings. The Hall–Kier alpha value is -1.38. The maximum Gasteiger partial charge on any atom is 0.171 e. The molecule has 2 aromatic carbocycles. The highest BCUT2D eigenvalue weighted by Gasteiger charge is 2.07. The van der Waals surface area contributed by atoms with Gasteiger partial charge in [0.05, 0.1) is 6.61 Å². The molecule has 0 unspecified atom stereocenters. The number of benzene rings is 2. The van der Waals surface area contributed by atoms with E-state index in [0.717, 1.165) is 6.61 Å². The SMILES string of the molecule is Cc1ccccc1-c1ccccc1CO[SiH](C)C. The Labute approximate surface area is 111 Å². The average molecular weight is 256 g/mol. The number of hydrogen-bond donors (Lipinski definition) is 0. The van der Waals surface area contributed by atoms with Crippen LogP contribution in [0.15, 0.2) is 48.5 Å². The van der Waals surface area contributed by atoms with E-state index in [1.54, 1.807) is 0 Å². The lowest BCUT2D eigenvalue weighted by molar-refractivity contribution is 0.315. The molecule has 0 amide bonds. The fourth-order valence-electron chi connectivity index (χ4n) is 2.04. The van der Waals surface area contributed by atoms with Gasteiger partial charge < -0.3 is 4.43 Å². The molecule has 0 radical (unpaired) electrons.